The first-order valence-corrected chi connectivity index (χ1v) is 13.4. The van der Waals surface area contributed by atoms with Crippen molar-refractivity contribution in [2.75, 3.05) is 18.6 Å². The molecule has 0 aromatic heterocycles. The minimum atomic E-state index is 0.0622. The van der Waals surface area contributed by atoms with E-state index in [-0.39, 0.29) is 31.0 Å². The highest BCUT2D eigenvalue weighted by atomic mass is 16.7. The second kappa shape index (κ2) is 8.83. The van der Waals surface area contributed by atoms with E-state index >= 15 is 0 Å². The zero-order chi connectivity index (χ0) is 25.9. The average Bonchev–Trinajstić information content (AvgIpc) is 3.66. The number of hydrazone groups is 1. The molecule has 0 saturated heterocycles. The monoisotopic (exact) mass is 508 g/mol. The van der Waals surface area contributed by atoms with Crippen molar-refractivity contribution in [1.29, 1.82) is 0 Å². The molecule has 0 amide bonds. The average molecular weight is 509 g/mol. The zero-order valence-corrected chi connectivity index (χ0v) is 22.0. The summed E-state index contributed by atoms with van der Waals surface area (Å²) in [5.41, 5.74) is 6.03. The third-order valence-electron chi connectivity index (χ3n) is 8.27. The summed E-state index contributed by atoms with van der Waals surface area (Å²) in [6.45, 7) is 7.62. The Bertz CT molecular complexity index is 1440. The van der Waals surface area contributed by atoms with Gasteiger partial charge in [-0.15, -0.1) is 0 Å². The largest absolute Gasteiger partial charge is 0.454 e. The molecule has 6 heteroatoms. The molecule has 7 rings (SSSR count). The number of allylic oxidation sites excluding steroid dienone is 1. The topological polar surface area (TPSA) is 52.5 Å². The fourth-order valence-electron chi connectivity index (χ4n) is 6.14. The van der Waals surface area contributed by atoms with Crippen LogP contribution in [-0.2, 0) is 0 Å². The van der Waals surface area contributed by atoms with Crippen LogP contribution in [0.5, 0.6) is 23.0 Å². The molecule has 0 bridgehead atoms. The predicted octanol–water partition coefficient (Wildman–Crippen LogP) is 7.22. The lowest BCUT2D eigenvalue weighted by Crippen LogP contribution is -2.35. The lowest BCUT2D eigenvalue weighted by Gasteiger charge is -2.40. The van der Waals surface area contributed by atoms with Gasteiger partial charge in [-0.2, -0.15) is 5.10 Å². The quantitative estimate of drug-likeness (QED) is 0.374. The maximum Gasteiger partial charge on any atom is 0.231 e. The standard InChI is InChI=1S/C32H32N2O4/c1-32(2,3)23-15-22(13-20-9-11-26-28(14-20)37-18-35-26)30-25(17-23)31(34(33-30)24-7-5-4-6-8-24)21-10-12-27-29(16-21)38-19-36-27/h4-14,16,23,25,31H,15,17-19H2,1-3H3/b22-13+/t23-,25+,31+/m1/s1. The highest BCUT2D eigenvalue weighted by Gasteiger charge is 2.46. The van der Waals surface area contributed by atoms with Gasteiger partial charge in [0.15, 0.2) is 23.0 Å². The summed E-state index contributed by atoms with van der Waals surface area (Å²) in [5.74, 6) is 3.98. The molecule has 3 aromatic carbocycles. The molecule has 6 nitrogen and oxygen atoms in total. The van der Waals surface area contributed by atoms with Crippen LogP contribution < -0.4 is 24.0 Å². The molecule has 0 spiro atoms. The Labute approximate surface area is 223 Å². The van der Waals surface area contributed by atoms with E-state index < -0.39 is 0 Å². The van der Waals surface area contributed by atoms with Gasteiger partial charge in [0, 0.05) is 5.92 Å². The van der Waals surface area contributed by atoms with Gasteiger partial charge in [-0.25, -0.2) is 0 Å². The van der Waals surface area contributed by atoms with Crippen LogP contribution in [0.2, 0.25) is 0 Å². The Morgan fingerprint density at radius 1 is 0.816 bits per heavy atom. The fourth-order valence-corrected chi connectivity index (χ4v) is 6.14. The third kappa shape index (κ3) is 3.99. The Kier molecular flexibility index (Phi) is 5.39. The number of nitrogens with zero attached hydrogens (tertiary/aromatic N) is 2. The Morgan fingerprint density at radius 2 is 1.50 bits per heavy atom. The van der Waals surface area contributed by atoms with E-state index in [4.69, 9.17) is 24.0 Å². The van der Waals surface area contributed by atoms with Crippen LogP contribution in [0.1, 0.15) is 50.8 Å². The van der Waals surface area contributed by atoms with Crippen LogP contribution >= 0.6 is 0 Å². The molecule has 3 heterocycles. The highest BCUT2D eigenvalue weighted by Crippen LogP contribution is 2.52. The summed E-state index contributed by atoms with van der Waals surface area (Å²) in [4.78, 5) is 0. The van der Waals surface area contributed by atoms with Crippen LogP contribution in [0.25, 0.3) is 6.08 Å². The van der Waals surface area contributed by atoms with Gasteiger partial charge in [0.2, 0.25) is 13.6 Å². The zero-order valence-electron chi connectivity index (χ0n) is 22.0. The van der Waals surface area contributed by atoms with Gasteiger partial charge in [0.1, 0.15) is 0 Å². The van der Waals surface area contributed by atoms with E-state index in [0.29, 0.717) is 5.92 Å². The van der Waals surface area contributed by atoms with Crippen molar-refractivity contribution >= 4 is 17.5 Å². The summed E-state index contributed by atoms with van der Waals surface area (Å²) in [5, 5.41) is 7.57. The van der Waals surface area contributed by atoms with E-state index in [9.17, 15) is 0 Å². The number of benzene rings is 3. The summed E-state index contributed by atoms with van der Waals surface area (Å²) in [6, 6.07) is 23.1. The van der Waals surface area contributed by atoms with Gasteiger partial charge >= 0.3 is 0 Å². The second-order valence-corrected chi connectivity index (χ2v) is 11.6. The lowest BCUT2D eigenvalue weighted by atomic mass is 9.65. The van der Waals surface area contributed by atoms with Gasteiger partial charge in [0.05, 0.1) is 17.4 Å². The summed E-state index contributed by atoms with van der Waals surface area (Å²) < 4.78 is 22.6. The molecular formula is C32H32N2O4. The second-order valence-electron chi connectivity index (χ2n) is 11.6. The molecular weight excluding hydrogens is 476 g/mol. The van der Waals surface area contributed by atoms with Gasteiger partial charge in [-0.1, -0.05) is 51.1 Å². The highest BCUT2D eigenvalue weighted by molar-refractivity contribution is 6.08. The Balaban J connectivity index is 1.35. The molecule has 1 aliphatic carbocycles. The fraction of sp³-hybridized carbons (Fsp3) is 0.344. The van der Waals surface area contributed by atoms with Crippen molar-refractivity contribution < 1.29 is 18.9 Å². The molecule has 3 aromatic rings. The van der Waals surface area contributed by atoms with Crippen LogP contribution in [0.4, 0.5) is 5.69 Å². The van der Waals surface area contributed by atoms with Crippen LogP contribution in [-0.4, -0.2) is 19.3 Å². The summed E-state index contributed by atoms with van der Waals surface area (Å²) in [7, 11) is 0. The predicted molar refractivity (Wildman–Crippen MR) is 148 cm³/mol. The minimum Gasteiger partial charge on any atom is -0.454 e. The van der Waals surface area contributed by atoms with E-state index in [2.05, 4.69) is 86.5 Å². The van der Waals surface area contributed by atoms with Crippen LogP contribution in [0.15, 0.2) is 77.4 Å². The van der Waals surface area contributed by atoms with Crippen molar-refractivity contribution in [2.45, 2.75) is 39.7 Å². The van der Waals surface area contributed by atoms with Crippen molar-refractivity contribution in [1.82, 2.24) is 0 Å². The SMILES string of the molecule is CC(C)(C)[C@@H]1C/C(=C\c2ccc3c(c2)OCO3)C2=NN(c3ccccc3)[C@@H](c3ccc4c(c3)OCO4)[C@H]2C1. The number of anilines is 1. The van der Waals surface area contributed by atoms with Gasteiger partial charge in [-0.3, -0.25) is 5.01 Å². The number of hydrogen-bond donors (Lipinski definition) is 0. The van der Waals surface area contributed by atoms with E-state index in [1.165, 1.54) is 16.8 Å². The van der Waals surface area contributed by atoms with E-state index in [1.54, 1.807) is 0 Å². The number of hydrogen-bond acceptors (Lipinski definition) is 6. The molecule has 4 aliphatic rings. The number of fused-ring (bicyclic) bond motifs is 3. The molecule has 0 radical (unpaired) electrons. The smallest absolute Gasteiger partial charge is 0.231 e. The Morgan fingerprint density at radius 3 is 2.24 bits per heavy atom. The molecule has 3 aliphatic heterocycles. The van der Waals surface area contributed by atoms with Crippen LogP contribution in [0, 0.1) is 17.3 Å². The van der Waals surface area contributed by atoms with Gasteiger partial charge in [0.25, 0.3) is 0 Å². The van der Waals surface area contributed by atoms with E-state index in [0.717, 1.165) is 47.1 Å². The molecule has 38 heavy (non-hydrogen) atoms. The van der Waals surface area contributed by atoms with Crippen molar-refractivity contribution in [3.05, 3.63) is 83.4 Å². The van der Waals surface area contributed by atoms with Crippen molar-refractivity contribution in [3.8, 4) is 23.0 Å². The summed E-state index contributed by atoms with van der Waals surface area (Å²) in [6.07, 6.45) is 4.36. The minimum absolute atomic E-state index is 0.0622. The number of ether oxygens (including phenoxy) is 4. The Hall–Kier alpha value is -3.93. The maximum atomic E-state index is 5.78. The van der Waals surface area contributed by atoms with Crippen LogP contribution in [0.3, 0.4) is 0 Å². The molecule has 0 N–H and O–H groups in total. The molecule has 0 unspecified atom stereocenters. The molecule has 1 saturated carbocycles. The first-order valence-electron chi connectivity index (χ1n) is 13.4. The maximum absolute atomic E-state index is 5.78. The van der Waals surface area contributed by atoms with E-state index in [1.807, 2.05) is 12.1 Å². The number of rotatable bonds is 3. The van der Waals surface area contributed by atoms with Gasteiger partial charge in [-0.05, 0) is 83.3 Å². The summed E-state index contributed by atoms with van der Waals surface area (Å²) >= 11 is 0. The van der Waals surface area contributed by atoms with Crippen molar-refractivity contribution in [3.63, 3.8) is 0 Å². The first kappa shape index (κ1) is 23.2. The lowest BCUT2D eigenvalue weighted by molar-refractivity contribution is 0.173. The number of para-hydroxylation sites is 1. The molecule has 1 fully saturated rings. The normalized spacial score (nSPS) is 24.5. The van der Waals surface area contributed by atoms with Gasteiger partial charge < -0.3 is 18.9 Å². The first-order chi connectivity index (χ1) is 18.4. The molecule has 194 valence electrons. The molecule has 3 atom stereocenters. The van der Waals surface area contributed by atoms with Crippen molar-refractivity contribution in [2.24, 2.45) is 22.4 Å². The third-order valence-corrected chi connectivity index (χ3v) is 8.27.